The van der Waals surface area contributed by atoms with Crippen molar-refractivity contribution < 1.29 is 61.9 Å². The van der Waals surface area contributed by atoms with Crippen molar-refractivity contribution in [1.29, 1.82) is 0 Å². The highest BCUT2D eigenvalue weighted by atomic mass is 127. The molecule has 0 aliphatic carbocycles. The molecule has 2 aliphatic heterocycles. The van der Waals surface area contributed by atoms with E-state index in [-0.39, 0.29) is 87.1 Å². The van der Waals surface area contributed by atoms with E-state index in [0.29, 0.717) is 0 Å². The second-order valence-corrected chi connectivity index (χ2v) is 20.5. The molecule has 2 fully saturated rings. The summed E-state index contributed by atoms with van der Waals surface area (Å²) in [5.41, 5.74) is 0. The van der Waals surface area contributed by atoms with E-state index in [0.717, 1.165) is 76.8 Å². The maximum Gasteiger partial charge on any atom is 0.146 e. The summed E-state index contributed by atoms with van der Waals surface area (Å²) in [5, 5.41) is 4.34. The molecule has 0 N–H and O–H groups in total. The first-order chi connectivity index (χ1) is 29.6. The van der Waals surface area contributed by atoms with Gasteiger partial charge in [-0.25, -0.2) is 0 Å². The fourth-order valence-electron chi connectivity index (χ4n) is 9.46. The van der Waals surface area contributed by atoms with Gasteiger partial charge in [0.1, 0.15) is 43.6 Å². The van der Waals surface area contributed by atoms with Crippen LogP contribution in [-0.4, -0.2) is 90.6 Å². The van der Waals surface area contributed by atoms with Crippen molar-refractivity contribution in [2.24, 2.45) is 0 Å². The molecule has 342 valence electrons. The molecule has 2 aliphatic rings. The van der Waals surface area contributed by atoms with Gasteiger partial charge in [0.2, 0.25) is 0 Å². The summed E-state index contributed by atoms with van der Waals surface area (Å²) in [7, 11) is 3.22. The molecule has 5 rings (SSSR count). The number of halogens is 1. The number of benzene rings is 3. The molecule has 0 spiro atoms. The first-order valence-corrected chi connectivity index (χ1v) is 25.3. The molecule has 7 atom stereocenters. The standard InChI is InChI=1S/C51H78O8P.HI/c1-5-6-7-8-9-10-11-21-31-46(55-39-52-2)50-36-37-51(59-50)48(57-41-54-4)35-34-47(56-40-53-3)49-33-32-42(58-49)24-22-23-38-60(43-25-15-12-16-26-43,44-27-17-13-18-28-44)45-29-19-14-20-30-45;/h12-20,25-30,42,46-51H,5-11,21-24,31-41H2,1-4H3;1H/q+1;/p-1/t42-,46-,47+,48-,49+,50-,51-;/m1./s1. The van der Waals surface area contributed by atoms with Crippen molar-refractivity contribution in [3.8, 4) is 0 Å². The lowest BCUT2D eigenvalue weighted by Gasteiger charge is -2.29. The van der Waals surface area contributed by atoms with Crippen molar-refractivity contribution in [3.63, 3.8) is 0 Å². The lowest BCUT2D eigenvalue weighted by molar-refractivity contribution is -0.165. The van der Waals surface area contributed by atoms with Gasteiger partial charge in [-0.3, -0.25) is 0 Å². The fraction of sp³-hybridized carbons (Fsp3) is 0.647. The molecule has 8 nitrogen and oxygen atoms in total. The summed E-state index contributed by atoms with van der Waals surface area (Å²) < 4.78 is 48.6. The summed E-state index contributed by atoms with van der Waals surface area (Å²) in [5.74, 6) is 0. The minimum Gasteiger partial charge on any atom is -1.00 e. The van der Waals surface area contributed by atoms with E-state index >= 15 is 0 Å². The van der Waals surface area contributed by atoms with Crippen LogP contribution in [0.5, 0.6) is 0 Å². The van der Waals surface area contributed by atoms with Gasteiger partial charge < -0.3 is 61.9 Å². The minimum absolute atomic E-state index is 0. The van der Waals surface area contributed by atoms with Crippen molar-refractivity contribution in [2.75, 3.05) is 47.9 Å². The Morgan fingerprint density at radius 2 is 0.902 bits per heavy atom. The maximum absolute atomic E-state index is 6.81. The average molecular weight is 977 g/mol. The van der Waals surface area contributed by atoms with Crippen LogP contribution in [0.15, 0.2) is 91.0 Å². The van der Waals surface area contributed by atoms with Gasteiger partial charge in [-0.2, -0.15) is 0 Å². The third kappa shape index (κ3) is 16.8. The number of hydrogen-bond acceptors (Lipinski definition) is 8. The summed E-state index contributed by atoms with van der Waals surface area (Å²) in [6.45, 7) is 3.02. The molecule has 61 heavy (non-hydrogen) atoms. The molecule has 0 radical (unpaired) electrons. The first-order valence-electron chi connectivity index (χ1n) is 23.3. The number of unbranched alkanes of at least 4 members (excludes halogenated alkanes) is 8. The molecule has 0 unspecified atom stereocenters. The van der Waals surface area contributed by atoms with Crippen molar-refractivity contribution in [2.45, 2.75) is 165 Å². The van der Waals surface area contributed by atoms with Crippen LogP contribution in [0.4, 0.5) is 0 Å². The molecular weight excluding hydrogens is 898 g/mol. The van der Waals surface area contributed by atoms with Crippen LogP contribution in [-0.2, 0) is 37.9 Å². The quantitative estimate of drug-likeness (QED) is 0.0276. The Labute approximate surface area is 387 Å². The molecule has 0 aromatic heterocycles. The van der Waals surface area contributed by atoms with Gasteiger partial charge in [-0.05, 0) is 101 Å². The van der Waals surface area contributed by atoms with Crippen molar-refractivity contribution in [1.82, 2.24) is 0 Å². The van der Waals surface area contributed by atoms with Crippen LogP contribution < -0.4 is 39.9 Å². The zero-order chi connectivity index (χ0) is 42.1. The van der Waals surface area contributed by atoms with Crippen LogP contribution in [0.25, 0.3) is 0 Å². The first kappa shape index (κ1) is 52.1. The van der Waals surface area contributed by atoms with Gasteiger partial charge >= 0.3 is 0 Å². The number of methoxy groups -OCH3 is 3. The van der Waals surface area contributed by atoms with Gasteiger partial charge in [0.15, 0.2) is 0 Å². The number of ether oxygens (including phenoxy) is 8. The molecule has 0 bridgehead atoms. The fourth-order valence-corrected chi connectivity index (χ4v) is 13.9. The predicted octanol–water partition coefficient (Wildman–Crippen LogP) is 7.53. The lowest BCUT2D eigenvalue weighted by Crippen LogP contribution is -3.00. The Hall–Kier alpha value is -1.50. The highest BCUT2D eigenvalue weighted by Crippen LogP contribution is 2.56. The zero-order valence-corrected chi connectivity index (χ0v) is 40.9. The number of hydrogen-bond donors (Lipinski definition) is 0. The largest absolute Gasteiger partial charge is 1.00 e. The monoisotopic (exact) mass is 976 g/mol. The van der Waals surface area contributed by atoms with Gasteiger partial charge in [-0.1, -0.05) is 113 Å². The van der Waals surface area contributed by atoms with E-state index < -0.39 is 7.26 Å². The summed E-state index contributed by atoms with van der Waals surface area (Å²) in [6.07, 6.45) is 21.3. The van der Waals surface area contributed by atoms with Crippen LogP contribution >= 0.6 is 7.26 Å². The van der Waals surface area contributed by atoms with Crippen LogP contribution in [0.1, 0.15) is 122 Å². The van der Waals surface area contributed by atoms with Crippen molar-refractivity contribution in [3.05, 3.63) is 91.0 Å². The normalized spacial score (nSPS) is 20.7. The van der Waals surface area contributed by atoms with Crippen LogP contribution in [0.3, 0.4) is 0 Å². The van der Waals surface area contributed by atoms with E-state index in [1.165, 1.54) is 60.9 Å². The SMILES string of the molecule is CCCCCCCCCC[C@@H](OCOC)[C@H]1CC[C@H]([C@@H](CC[C@H](OCOC)[C@@H]2CC[C@@H](CCCC[P+](c3ccccc3)(c3ccccc3)c3ccccc3)O2)OCOC)O1.[I-]. The third-order valence-electron chi connectivity index (χ3n) is 12.6. The molecule has 2 saturated heterocycles. The second-order valence-electron chi connectivity index (χ2n) is 16.9. The number of rotatable bonds is 32. The molecule has 0 saturated carbocycles. The molecular formula is C51H78IO8P. The molecule has 3 aromatic rings. The zero-order valence-electron chi connectivity index (χ0n) is 37.8. The van der Waals surface area contributed by atoms with Gasteiger partial charge in [0.05, 0.1) is 48.9 Å². The summed E-state index contributed by atoms with van der Waals surface area (Å²) in [4.78, 5) is 0. The van der Waals surface area contributed by atoms with E-state index in [4.69, 9.17) is 37.9 Å². The highest BCUT2D eigenvalue weighted by Gasteiger charge is 2.45. The summed E-state index contributed by atoms with van der Waals surface area (Å²) >= 11 is 0. The van der Waals surface area contributed by atoms with Gasteiger partial charge in [0.25, 0.3) is 0 Å². The smallest absolute Gasteiger partial charge is 0.146 e. The van der Waals surface area contributed by atoms with Crippen LogP contribution in [0, 0.1) is 0 Å². The highest BCUT2D eigenvalue weighted by molar-refractivity contribution is 7.95. The molecule has 10 heteroatoms. The van der Waals surface area contributed by atoms with E-state index in [2.05, 4.69) is 97.9 Å². The average Bonchev–Trinajstić information content (AvgIpc) is 3.99. The Balaban J connectivity index is 0.00000819. The second kappa shape index (κ2) is 30.6. The van der Waals surface area contributed by atoms with E-state index in [9.17, 15) is 0 Å². The predicted molar refractivity (Wildman–Crippen MR) is 246 cm³/mol. The van der Waals surface area contributed by atoms with Gasteiger partial charge in [0, 0.05) is 21.3 Å². The Morgan fingerprint density at radius 1 is 0.492 bits per heavy atom. The molecule has 3 aromatic carbocycles. The van der Waals surface area contributed by atoms with E-state index in [1.54, 1.807) is 21.3 Å². The maximum atomic E-state index is 6.81. The minimum atomic E-state index is -1.84. The van der Waals surface area contributed by atoms with Crippen LogP contribution in [0.2, 0.25) is 0 Å². The van der Waals surface area contributed by atoms with Gasteiger partial charge in [-0.15, -0.1) is 0 Å². The lowest BCUT2D eigenvalue weighted by atomic mass is 9.98. The Kier molecular flexibility index (Phi) is 26.2. The Bertz CT molecular complexity index is 1410. The Morgan fingerprint density at radius 3 is 1.36 bits per heavy atom. The summed E-state index contributed by atoms with van der Waals surface area (Å²) in [6, 6.07) is 33.6. The third-order valence-corrected chi connectivity index (χ3v) is 17.1. The van der Waals surface area contributed by atoms with Crippen molar-refractivity contribution >= 4 is 23.2 Å². The molecule has 0 amide bonds. The van der Waals surface area contributed by atoms with E-state index in [1.807, 2.05) is 0 Å². The molecule has 2 heterocycles. The topological polar surface area (TPSA) is 73.8 Å².